The Labute approximate surface area is 156 Å². The van der Waals surface area contributed by atoms with Gasteiger partial charge in [0.2, 0.25) is 11.8 Å². The minimum absolute atomic E-state index is 0.0829. The van der Waals surface area contributed by atoms with E-state index in [0.29, 0.717) is 31.5 Å². The van der Waals surface area contributed by atoms with Crippen molar-refractivity contribution in [2.75, 3.05) is 44.4 Å². The Morgan fingerprint density at radius 2 is 2.15 bits per heavy atom. The maximum absolute atomic E-state index is 11.9. The van der Waals surface area contributed by atoms with Gasteiger partial charge < -0.3 is 19.7 Å². The summed E-state index contributed by atoms with van der Waals surface area (Å²) in [5.74, 6) is 1.60. The van der Waals surface area contributed by atoms with Crippen molar-refractivity contribution < 1.29 is 14.3 Å². The maximum Gasteiger partial charge on any atom is 0.253 e. The normalized spacial score (nSPS) is 14.0. The second-order valence-corrected chi connectivity index (χ2v) is 5.96. The molecule has 10 nitrogen and oxygen atoms in total. The molecule has 0 saturated carbocycles. The van der Waals surface area contributed by atoms with Crippen LogP contribution in [0.4, 0.5) is 5.82 Å². The van der Waals surface area contributed by atoms with E-state index in [2.05, 4.69) is 25.2 Å². The zero-order valence-electron chi connectivity index (χ0n) is 15.1. The average molecular weight is 374 g/mol. The molecular formula is C17H22N6O4. The van der Waals surface area contributed by atoms with Crippen molar-refractivity contribution >= 4 is 11.7 Å². The predicted molar refractivity (Wildman–Crippen MR) is 96.8 cm³/mol. The summed E-state index contributed by atoms with van der Waals surface area (Å²) in [6.07, 6.45) is 2.72. The van der Waals surface area contributed by atoms with Crippen LogP contribution in [0.3, 0.4) is 0 Å². The molecule has 3 heterocycles. The second-order valence-electron chi connectivity index (χ2n) is 5.96. The third kappa shape index (κ3) is 5.48. The van der Waals surface area contributed by atoms with Crippen LogP contribution >= 0.6 is 0 Å². The van der Waals surface area contributed by atoms with Gasteiger partial charge in [0, 0.05) is 31.4 Å². The molecule has 27 heavy (non-hydrogen) atoms. The summed E-state index contributed by atoms with van der Waals surface area (Å²) in [4.78, 5) is 38.1. The van der Waals surface area contributed by atoms with Gasteiger partial charge in [0.15, 0.2) is 0 Å². The predicted octanol–water partition coefficient (Wildman–Crippen LogP) is -0.626. The molecule has 0 bridgehead atoms. The molecule has 0 aromatic carbocycles. The van der Waals surface area contributed by atoms with Crippen LogP contribution in [0.2, 0.25) is 0 Å². The molecule has 1 N–H and O–H groups in total. The molecule has 10 heteroatoms. The lowest BCUT2D eigenvalue weighted by Gasteiger charge is -2.28. The van der Waals surface area contributed by atoms with E-state index in [1.54, 1.807) is 6.07 Å². The Balaban J connectivity index is 1.47. The molecule has 0 aliphatic carbocycles. The number of nitrogens with one attached hydrogen (secondary N) is 1. The topological polar surface area (TPSA) is 111 Å². The number of anilines is 1. The summed E-state index contributed by atoms with van der Waals surface area (Å²) in [5.41, 5.74) is -0.275. The Hall–Kier alpha value is -3.01. The van der Waals surface area contributed by atoms with Crippen LogP contribution in [0.5, 0.6) is 5.88 Å². The van der Waals surface area contributed by atoms with Crippen LogP contribution < -0.4 is 20.5 Å². The van der Waals surface area contributed by atoms with Crippen LogP contribution in [0, 0.1) is 6.92 Å². The number of carbonyl (C=O) groups excluding carboxylic acids is 1. The third-order valence-electron chi connectivity index (χ3n) is 3.92. The fourth-order valence-corrected chi connectivity index (χ4v) is 2.61. The maximum atomic E-state index is 11.9. The summed E-state index contributed by atoms with van der Waals surface area (Å²) in [6, 6.07) is 3.09. The Kier molecular flexibility index (Phi) is 6.31. The minimum Gasteiger partial charge on any atom is -0.476 e. The zero-order valence-corrected chi connectivity index (χ0v) is 15.1. The van der Waals surface area contributed by atoms with Crippen molar-refractivity contribution in [1.29, 1.82) is 0 Å². The number of aryl methyl sites for hydroxylation is 1. The molecule has 0 spiro atoms. The number of aromatic nitrogens is 4. The first-order valence-electron chi connectivity index (χ1n) is 8.70. The number of rotatable bonds is 7. The largest absolute Gasteiger partial charge is 0.476 e. The molecule has 144 valence electrons. The van der Waals surface area contributed by atoms with Crippen LogP contribution in [0.15, 0.2) is 29.5 Å². The molecule has 1 fully saturated rings. The average Bonchev–Trinajstić information content (AvgIpc) is 2.67. The number of morpholine rings is 1. The minimum atomic E-state index is -0.290. The van der Waals surface area contributed by atoms with Crippen LogP contribution in [-0.4, -0.2) is 64.9 Å². The van der Waals surface area contributed by atoms with Crippen molar-refractivity contribution in [3.05, 3.63) is 40.8 Å². The number of amides is 1. The number of carbonyl (C=O) groups is 1. The number of hydrogen-bond donors (Lipinski definition) is 1. The van der Waals surface area contributed by atoms with Gasteiger partial charge in [-0.05, 0) is 6.92 Å². The van der Waals surface area contributed by atoms with Gasteiger partial charge in [-0.3, -0.25) is 14.2 Å². The van der Waals surface area contributed by atoms with Crippen molar-refractivity contribution in [2.24, 2.45) is 0 Å². The fraction of sp³-hybridized carbons (Fsp3) is 0.471. The molecule has 1 saturated heterocycles. The number of nitrogens with zero attached hydrogens (tertiary/aromatic N) is 5. The van der Waals surface area contributed by atoms with E-state index in [4.69, 9.17) is 9.47 Å². The van der Waals surface area contributed by atoms with Gasteiger partial charge in [0.05, 0.1) is 26.1 Å². The summed E-state index contributed by atoms with van der Waals surface area (Å²) in [5, 5.41) is 2.70. The standard InChI is InChI=1S/C17H22N6O4/c1-13-20-14(22-5-8-26-9-6-22)10-16(21-13)27-7-4-19-15(24)11-23-12-18-3-2-17(23)25/h2-3,10,12H,4-9,11H2,1H3,(H,19,24). The van der Waals surface area contributed by atoms with E-state index in [9.17, 15) is 9.59 Å². The molecule has 2 aromatic rings. The van der Waals surface area contributed by atoms with Crippen LogP contribution in [-0.2, 0) is 16.1 Å². The van der Waals surface area contributed by atoms with E-state index in [0.717, 1.165) is 18.9 Å². The van der Waals surface area contributed by atoms with E-state index in [1.807, 2.05) is 6.92 Å². The first-order valence-corrected chi connectivity index (χ1v) is 8.70. The van der Waals surface area contributed by atoms with E-state index in [-0.39, 0.29) is 24.6 Å². The van der Waals surface area contributed by atoms with Crippen molar-refractivity contribution in [2.45, 2.75) is 13.5 Å². The summed E-state index contributed by atoms with van der Waals surface area (Å²) < 4.78 is 12.2. The first kappa shape index (κ1) is 18.8. The highest BCUT2D eigenvalue weighted by Gasteiger charge is 2.14. The lowest BCUT2D eigenvalue weighted by Crippen LogP contribution is -2.37. The van der Waals surface area contributed by atoms with Crippen molar-refractivity contribution in [3.8, 4) is 5.88 Å². The fourth-order valence-electron chi connectivity index (χ4n) is 2.61. The van der Waals surface area contributed by atoms with Gasteiger partial charge >= 0.3 is 0 Å². The zero-order chi connectivity index (χ0) is 19.1. The SMILES string of the molecule is Cc1nc(OCCNC(=O)Cn2cnccc2=O)cc(N2CCOCC2)n1. The van der Waals surface area contributed by atoms with Gasteiger partial charge in [0.1, 0.15) is 24.8 Å². The Morgan fingerprint density at radius 1 is 1.33 bits per heavy atom. The van der Waals surface area contributed by atoms with Gasteiger partial charge in [-0.15, -0.1) is 0 Å². The van der Waals surface area contributed by atoms with Gasteiger partial charge in [0.25, 0.3) is 5.56 Å². The third-order valence-corrected chi connectivity index (χ3v) is 3.92. The van der Waals surface area contributed by atoms with Gasteiger partial charge in [-0.2, -0.15) is 4.98 Å². The lowest BCUT2D eigenvalue weighted by molar-refractivity contribution is -0.121. The lowest BCUT2D eigenvalue weighted by atomic mass is 10.4. The molecule has 1 aliphatic rings. The van der Waals surface area contributed by atoms with Crippen LogP contribution in [0.1, 0.15) is 5.82 Å². The molecule has 1 amide bonds. The molecule has 0 radical (unpaired) electrons. The highest BCUT2D eigenvalue weighted by molar-refractivity contribution is 5.75. The smallest absolute Gasteiger partial charge is 0.253 e. The second kappa shape index (κ2) is 9.08. The number of hydrogen-bond acceptors (Lipinski definition) is 8. The first-order chi connectivity index (χ1) is 13.1. The molecule has 2 aromatic heterocycles. The van der Waals surface area contributed by atoms with Gasteiger partial charge in [-0.25, -0.2) is 9.97 Å². The molecule has 0 unspecified atom stereocenters. The van der Waals surface area contributed by atoms with Crippen LogP contribution in [0.25, 0.3) is 0 Å². The van der Waals surface area contributed by atoms with Gasteiger partial charge in [-0.1, -0.05) is 0 Å². The monoisotopic (exact) mass is 374 g/mol. The summed E-state index contributed by atoms with van der Waals surface area (Å²) in [6.45, 7) is 5.18. The molecule has 0 atom stereocenters. The Bertz CT molecular complexity index is 834. The van der Waals surface area contributed by atoms with E-state index < -0.39 is 0 Å². The Morgan fingerprint density at radius 3 is 2.93 bits per heavy atom. The highest BCUT2D eigenvalue weighted by atomic mass is 16.5. The van der Waals surface area contributed by atoms with E-state index in [1.165, 1.54) is 23.2 Å². The molecule has 1 aliphatic heterocycles. The highest BCUT2D eigenvalue weighted by Crippen LogP contribution is 2.18. The molecule has 3 rings (SSSR count). The quantitative estimate of drug-likeness (QED) is 0.638. The van der Waals surface area contributed by atoms with E-state index >= 15 is 0 Å². The summed E-state index contributed by atoms with van der Waals surface area (Å²) in [7, 11) is 0. The van der Waals surface area contributed by atoms with Crippen molar-refractivity contribution in [1.82, 2.24) is 24.8 Å². The number of ether oxygens (including phenoxy) is 2. The molecular weight excluding hydrogens is 352 g/mol. The summed E-state index contributed by atoms with van der Waals surface area (Å²) >= 11 is 0. The van der Waals surface area contributed by atoms with Crippen molar-refractivity contribution in [3.63, 3.8) is 0 Å².